The van der Waals surface area contributed by atoms with Crippen molar-refractivity contribution >= 4 is 24.7 Å². The first-order valence-corrected chi connectivity index (χ1v) is 6.04. The van der Waals surface area contributed by atoms with E-state index in [4.69, 9.17) is 8.85 Å². The molecule has 1 aromatic rings. The molecule has 0 spiro atoms. The molecule has 0 unspecified atom stereocenters. The fourth-order valence-electron chi connectivity index (χ4n) is 1.24. The smallest absolute Gasteiger partial charge is 0.236 e. The Hall–Kier alpha value is -1.96. The van der Waals surface area contributed by atoms with Crippen molar-refractivity contribution < 1.29 is 8.85 Å². The molecule has 0 fully saturated rings. The van der Waals surface area contributed by atoms with E-state index in [1.807, 2.05) is 50.3 Å². The van der Waals surface area contributed by atoms with E-state index in [1.165, 1.54) is 0 Å². The molecule has 0 amide bonds. The Morgan fingerprint density at radius 2 is 1.22 bits per heavy atom. The van der Waals surface area contributed by atoms with Gasteiger partial charge in [0.15, 0.2) is 0 Å². The second kappa shape index (κ2) is 9.11. The molecule has 0 aliphatic carbocycles. The van der Waals surface area contributed by atoms with E-state index in [1.54, 1.807) is 12.2 Å². The van der Waals surface area contributed by atoms with Gasteiger partial charge in [0.1, 0.15) is 0 Å². The molecule has 18 heavy (non-hydrogen) atoms. The van der Waals surface area contributed by atoms with Crippen LogP contribution in [0.3, 0.4) is 0 Å². The van der Waals surface area contributed by atoms with Crippen molar-refractivity contribution in [3.8, 4) is 0 Å². The van der Waals surface area contributed by atoms with Gasteiger partial charge in [-0.15, -0.1) is 23.3 Å². The van der Waals surface area contributed by atoms with Crippen LogP contribution in [0.4, 0.5) is 0 Å². The third kappa shape index (κ3) is 5.94. The highest BCUT2D eigenvalue weighted by atomic mass is 16.4. The summed E-state index contributed by atoms with van der Waals surface area (Å²) in [7, 11) is 0. The molecule has 0 heterocycles. The van der Waals surface area contributed by atoms with Gasteiger partial charge < -0.3 is 8.85 Å². The van der Waals surface area contributed by atoms with Crippen LogP contribution < -0.4 is 0 Å². The number of rotatable bonds is 6. The van der Waals surface area contributed by atoms with E-state index in [0.717, 1.165) is 11.1 Å². The van der Waals surface area contributed by atoms with Crippen molar-refractivity contribution in [2.24, 2.45) is 0 Å². The molecule has 2 heteroatoms. The number of allylic oxidation sites excluding steroid dienone is 2. The fourth-order valence-corrected chi connectivity index (χ4v) is 1.24. The zero-order chi connectivity index (χ0) is 13.1. The molecule has 0 aliphatic heterocycles. The van der Waals surface area contributed by atoms with E-state index in [0.29, 0.717) is 13.2 Å². The van der Waals surface area contributed by atoms with E-state index < -0.39 is 0 Å². The molecule has 0 N–H and O–H groups in total. The van der Waals surface area contributed by atoms with Crippen molar-refractivity contribution in [3.63, 3.8) is 0 Å². The van der Waals surface area contributed by atoms with Gasteiger partial charge in [0.25, 0.3) is 0 Å². The predicted octanol–water partition coefficient (Wildman–Crippen LogP) is 3.04. The maximum atomic E-state index is 4.98. The predicted molar refractivity (Wildman–Crippen MR) is 77.0 cm³/mol. The Labute approximate surface area is 109 Å². The van der Waals surface area contributed by atoms with E-state index in [9.17, 15) is 0 Å². The topological polar surface area (TPSA) is 22.6 Å². The Morgan fingerprint density at radius 3 is 1.56 bits per heavy atom. The second-order valence-corrected chi connectivity index (χ2v) is 3.44. The van der Waals surface area contributed by atoms with Gasteiger partial charge in [0.2, 0.25) is 25.8 Å². The number of benzene rings is 1. The van der Waals surface area contributed by atoms with Crippen molar-refractivity contribution in [1.29, 1.82) is 0 Å². The number of carbonyl (C=O) groups excluding carboxylic acids is 2. The highest BCUT2D eigenvalue weighted by Gasteiger charge is 1.81. The van der Waals surface area contributed by atoms with E-state index >= 15 is 0 Å². The first-order chi connectivity index (χ1) is 8.86. The van der Waals surface area contributed by atoms with Gasteiger partial charge >= 0.3 is 0 Å². The van der Waals surface area contributed by atoms with Gasteiger partial charge in [-0.2, -0.15) is 12.2 Å². The average molecular weight is 242 g/mol. The molecule has 1 rings (SSSR count). The Balaban J connectivity index is 2.57. The normalized spacial score (nSPS) is 12.6. The van der Waals surface area contributed by atoms with Gasteiger partial charge in [0.05, 0.1) is 0 Å². The summed E-state index contributed by atoms with van der Waals surface area (Å²) in [5, 5.41) is 0. The Bertz CT molecular complexity index is 394. The molecule has 0 saturated heterocycles. The minimum atomic E-state index is 0.640. The molecule has 0 atom stereocenters. The van der Waals surface area contributed by atoms with Gasteiger partial charge in [-0.3, -0.25) is 0 Å². The molecule has 1 aromatic carbocycles. The van der Waals surface area contributed by atoms with Gasteiger partial charge in [-0.1, -0.05) is 24.3 Å². The quantitative estimate of drug-likeness (QED) is 0.416. The largest absolute Gasteiger partial charge is 0.353 e. The van der Waals surface area contributed by atoms with Crippen molar-refractivity contribution in [2.75, 3.05) is 13.2 Å². The lowest BCUT2D eigenvalue weighted by molar-refractivity contribution is 0.124. The molecule has 0 aliphatic rings. The summed E-state index contributed by atoms with van der Waals surface area (Å²) in [6.45, 7) is 5.14. The lowest BCUT2D eigenvalue weighted by atomic mass is 10.1. The van der Waals surface area contributed by atoms with Crippen LogP contribution in [0, 0.1) is 0 Å². The minimum Gasteiger partial charge on any atom is -0.353 e. The number of hydrogen-bond donors (Lipinski definition) is 0. The zero-order valence-electron chi connectivity index (χ0n) is 10.8. The lowest BCUT2D eigenvalue weighted by Gasteiger charge is -2.00. The summed E-state index contributed by atoms with van der Waals surface area (Å²) in [5.74, 6) is 0. The van der Waals surface area contributed by atoms with Gasteiger partial charge in [-0.05, 0) is 0 Å². The minimum absolute atomic E-state index is 0.640. The maximum Gasteiger partial charge on any atom is 0.236 e. The summed E-state index contributed by atoms with van der Waals surface area (Å²) in [6, 6.07) is 8.13. The molecular weight excluding hydrogens is 224 g/mol. The molecule has 94 valence electrons. The molecule has 2 nitrogen and oxygen atoms in total. The molecule has 0 aromatic heterocycles. The van der Waals surface area contributed by atoms with Crippen LogP contribution in [0.15, 0.2) is 36.4 Å². The van der Waals surface area contributed by atoms with Crippen LogP contribution in [0.25, 0.3) is 12.2 Å². The average Bonchev–Trinajstić information content (AvgIpc) is 2.41. The monoisotopic (exact) mass is 242 g/mol. The summed E-state index contributed by atoms with van der Waals surface area (Å²) < 4.78 is 9.97. The van der Waals surface area contributed by atoms with E-state index in [2.05, 4.69) is 12.6 Å². The second-order valence-electron chi connectivity index (χ2n) is 3.44. The first-order valence-electron chi connectivity index (χ1n) is 6.04. The number of hydrogen-bond acceptors (Lipinski definition) is 0. The molecule has 0 radical (unpaired) electrons. The van der Waals surface area contributed by atoms with Crippen LogP contribution in [-0.4, -0.2) is 25.8 Å². The SMILES string of the molecule is CC[O+]=[C-]/C=C/c1ccc(/C=C/[C-]=[O+]CC)cc1. The van der Waals surface area contributed by atoms with Gasteiger partial charge in [-0.25, -0.2) is 0 Å². The van der Waals surface area contributed by atoms with Crippen LogP contribution in [-0.2, 0) is 8.85 Å². The highest BCUT2D eigenvalue weighted by Crippen LogP contribution is 2.07. The maximum absolute atomic E-state index is 4.98. The van der Waals surface area contributed by atoms with Gasteiger partial charge in [0, 0.05) is 13.8 Å². The van der Waals surface area contributed by atoms with E-state index in [-0.39, 0.29) is 0 Å². The summed E-state index contributed by atoms with van der Waals surface area (Å²) in [6.07, 6.45) is 12.9. The van der Waals surface area contributed by atoms with Crippen molar-refractivity contribution in [2.45, 2.75) is 13.8 Å². The molecule has 0 saturated carbocycles. The lowest BCUT2D eigenvalue weighted by Crippen LogP contribution is -1.78. The standard InChI is InChI=1S/C16H18O2/c1-3-17-13-5-7-15-9-11-16(12-10-15)8-6-14-18-4-2/h5-12H,3-4H2,1-2H3/b7-5+,8-6+. The summed E-state index contributed by atoms with van der Waals surface area (Å²) >= 11 is 0. The Morgan fingerprint density at radius 1 is 0.833 bits per heavy atom. The summed E-state index contributed by atoms with van der Waals surface area (Å²) in [5.41, 5.74) is 2.22. The Kier molecular flexibility index (Phi) is 7.14. The van der Waals surface area contributed by atoms with Crippen LogP contribution in [0.5, 0.6) is 0 Å². The third-order valence-electron chi connectivity index (χ3n) is 2.08. The summed E-state index contributed by atoms with van der Waals surface area (Å²) in [4.78, 5) is 0. The first kappa shape index (κ1) is 14.1. The molecule has 0 bridgehead atoms. The van der Waals surface area contributed by atoms with Crippen LogP contribution >= 0.6 is 0 Å². The molecular formula is C16H18O2. The third-order valence-corrected chi connectivity index (χ3v) is 2.08. The van der Waals surface area contributed by atoms with Crippen molar-refractivity contribution in [3.05, 3.63) is 47.5 Å². The highest BCUT2D eigenvalue weighted by molar-refractivity contribution is 5.76. The van der Waals surface area contributed by atoms with Crippen LogP contribution in [0.2, 0.25) is 0 Å². The zero-order valence-corrected chi connectivity index (χ0v) is 10.8. The van der Waals surface area contributed by atoms with Crippen molar-refractivity contribution in [1.82, 2.24) is 0 Å². The fraction of sp³-hybridized carbons (Fsp3) is 0.250. The van der Waals surface area contributed by atoms with Crippen LogP contribution in [0.1, 0.15) is 25.0 Å².